The molecule has 0 fully saturated rings. The summed E-state index contributed by atoms with van der Waals surface area (Å²) in [5.74, 6) is 0.894. The maximum atomic E-state index is 12.1. The Morgan fingerprint density at radius 2 is 2.19 bits per heavy atom. The van der Waals surface area contributed by atoms with E-state index in [1.54, 1.807) is 26.0 Å². The molecular weight excluding hydrogens is 294 g/mol. The van der Waals surface area contributed by atoms with Gasteiger partial charge in [-0.25, -0.2) is 13.1 Å². The molecule has 0 bridgehead atoms. The van der Waals surface area contributed by atoms with Gasteiger partial charge in [-0.3, -0.25) is 0 Å². The van der Waals surface area contributed by atoms with Gasteiger partial charge >= 0.3 is 0 Å². The van der Waals surface area contributed by atoms with Gasteiger partial charge in [0.1, 0.15) is 0 Å². The minimum Gasteiger partial charge on any atom is -0.389 e. The summed E-state index contributed by atoms with van der Waals surface area (Å²) in [6.45, 7) is 3.43. The van der Waals surface area contributed by atoms with E-state index in [4.69, 9.17) is 4.52 Å². The molecular formula is C13H17N3O4S. The van der Waals surface area contributed by atoms with Gasteiger partial charge < -0.3 is 9.63 Å². The van der Waals surface area contributed by atoms with Crippen LogP contribution < -0.4 is 4.72 Å². The molecule has 2 rings (SSSR count). The molecule has 21 heavy (non-hydrogen) atoms. The minimum atomic E-state index is -3.63. The number of hydrogen-bond donors (Lipinski definition) is 2. The maximum Gasteiger partial charge on any atom is 0.240 e. The molecule has 1 heterocycles. The second-order valence-corrected chi connectivity index (χ2v) is 6.40. The zero-order valence-corrected chi connectivity index (χ0v) is 12.6. The molecule has 2 aromatic rings. The van der Waals surface area contributed by atoms with Crippen LogP contribution in [0, 0.1) is 6.92 Å². The monoisotopic (exact) mass is 311 g/mol. The van der Waals surface area contributed by atoms with Gasteiger partial charge in [-0.15, -0.1) is 0 Å². The Morgan fingerprint density at radius 3 is 2.81 bits per heavy atom. The normalized spacial score (nSPS) is 13.3. The van der Waals surface area contributed by atoms with Gasteiger partial charge in [0, 0.05) is 13.0 Å². The lowest BCUT2D eigenvalue weighted by Crippen LogP contribution is -2.26. The fraction of sp³-hybridized carbons (Fsp3) is 0.385. The van der Waals surface area contributed by atoms with Crippen molar-refractivity contribution in [3.8, 4) is 0 Å². The lowest BCUT2D eigenvalue weighted by molar-refractivity contribution is 0.199. The summed E-state index contributed by atoms with van der Waals surface area (Å²) < 4.78 is 31.7. The molecule has 0 aliphatic rings. The number of rotatable bonds is 6. The van der Waals surface area contributed by atoms with Crippen LogP contribution in [0.4, 0.5) is 0 Å². The standard InChI is InChI=1S/C13H17N3O4S/c1-9(17)11-4-3-5-12(8-11)21(18,19)14-7-6-13-15-10(2)16-20-13/h3-5,8-9,14,17H,6-7H2,1-2H3. The molecule has 1 unspecified atom stereocenters. The first-order chi connectivity index (χ1) is 9.88. The van der Waals surface area contributed by atoms with Crippen LogP contribution in [0.15, 0.2) is 33.7 Å². The van der Waals surface area contributed by atoms with Crippen LogP contribution in [0.3, 0.4) is 0 Å². The van der Waals surface area contributed by atoms with Crippen molar-refractivity contribution in [2.75, 3.05) is 6.54 Å². The number of sulfonamides is 1. The third-order valence-electron chi connectivity index (χ3n) is 2.85. The van der Waals surface area contributed by atoms with E-state index < -0.39 is 16.1 Å². The van der Waals surface area contributed by atoms with Crippen molar-refractivity contribution in [3.05, 3.63) is 41.5 Å². The highest BCUT2D eigenvalue weighted by atomic mass is 32.2. The molecule has 0 saturated heterocycles. The van der Waals surface area contributed by atoms with Crippen molar-refractivity contribution in [2.45, 2.75) is 31.3 Å². The number of nitrogens with one attached hydrogen (secondary N) is 1. The van der Waals surface area contributed by atoms with Gasteiger partial charge in [0.25, 0.3) is 0 Å². The fourth-order valence-electron chi connectivity index (χ4n) is 1.76. The highest BCUT2D eigenvalue weighted by Crippen LogP contribution is 2.17. The lowest BCUT2D eigenvalue weighted by Gasteiger charge is -2.09. The molecule has 114 valence electrons. The van der Waals surface area contributed by atoms with Crippen molar-refractivity contribution in [1.29, 1.82) is 0 Å². The van der Waals surface area contributed by atoms with E-state index in [9.17, 15) is 13.5 Å². The smallest absolute Gasteiger partial charge is 0.240 e. The number of aryl methyl sites for hydroxylation is 1. The van der Waals surface area contributed by atoms with Crippen molar-refractivity contribution in [3.63, 3.8) is 0 Å². The fourth-order valence-corrected chi connectivity index (χ4v) is 2.85. The highest BCUT2D eigenvalue weighted by molar-refractivity contribution is 7.89. The summed E-state index contributed by atoms with van der Waals surface area (Å²) in [5, 5.41) is 13.1. The lowest BCUT2D eigenvalue weighted by atomic mass is 10.1. The Balaban J connectivity index is 2.03. The number of hydrogen-bond acceptors (Lipinski definition) is 6. The van der Waals surface area contributed by atoms with Crippen LogP contribution in [-0.2, 0) is 16.4 Å². The largest absolute Gasteiger partial charge is 0.389 e. The minimum absolute atomic E-state index is 0.114. The van der Waals surface area contributed by atoms with Crippen LogP contribution in [0.1, 0.15) is 30.3 Å². The van der Waals surface area contributed by atoms with E-state index in [0.717, 1.165) is 0 Å². The molecule has 1 atom stereocenters. The SMILES string of the molecule is Cc1noc(CCNS(=O)(=O)c2cccc(C(C)O)c2)n1. The first-order valence-electron chi connectivity index (χ1n) is 6.45. The Morgan fingerprint density at radius 1 is 1.43 bits per heavy atom. The summed E-state index contributed by atoms with van der Waals surface area (Å²) in [6.07, 6.45) is -0.405. The van der Waals surface area contributed by atoms with Gasteiger partial charge in [-0.2, -0.15) is 4.98 Å². The molecule has 1 aromatic heterocycles. The Hall–Kier alpha value is -1.77. The predicted octanol–water partition coefficient (Wildman–Crippen LogP) is 0.952. The topological polar surface area (TPSA) is 105 Å². The quantitative estimate of drug-likeness (QED) is 0.823. The maximum absolute atomic E-state index is 12.1. The summed E-state index contributed by atoms with van der Waals surface area (Å²) in [6, 6.07) is 6.19. The zero-order chi connectivity index (χ0) is 15.5. The number of nitrogens with zero attached hydrogens (tertiary/aromatic N) is 2. The second kappa shape index (κ2) is 6.33. The third-order valence-corrected chi connectivity index (χ3v) is 4.31. The number of aliphatic hydroxyl groups excluding tert-OH is 1. The van der Waals surface area contributed by atoms with E-state index in [-0.39, 0.29) is 11.4 Å². The predicted molar refractivity (Wildman–Crippen MR) is 75.0 cm³/mol. The van der Waals surface area contributed by atoms with Crippen LogP contribution in [0.2, 0.25) is 0 Å². The summed E-state index contributed by atoms with van der Waals surface area (Å²) in [5.41, 5.74) is 0.547. The van der Waals surface area contributed by atoms with Crippen LogP contribution in [0.5, 0.6) is 0 Å². The van der Waals surface area contributed by atoms with Gasteiger partial charge in [0.15, 0.2) is 5.82 Å². The van der Waals surface area contributed by atoms with Gasteiger partial charge in [-0.05, 0) is 31.5 Å². The van der Waals surface area contributed by atoms with Crippen LogP contribution in [0.25, 0.3) is 0 Å². The van der Waals surface area contributed by atoms with E-state index in [1.807, 2.05) is 0 Å². The molecule has 2 N–H and O–H groups in total. The molecule has 1 aromatic carbocycles. The molecule has 0 aliphatic carbocycles. The second-order valence-electron chi connectivity index (χ2n) is 4.63. The number of aromatic nitrogens is 2. The van der Waals surface area contributed by atoms with Gasteiger partial charge in [-0.1, -0.05) is 17.3 Å². The third kappa shape index (κ3) is 4.10. The first kappa shape index (κ1) is 15.6. The van der Waals surface area contributed by atoms with E-state index in [0.29, 0.717) is 23.7 Å². The molecule has 0 radical (unpaired) electrons. The van der Waals surface area contributed by atoms with Crippen molar-refractivity contribution in [1.82, 2.24) is 14.9 Å². The Kier molecular flexibility index (Phi) is 4.71. The molecule has 8 heteroatoms. The number of aliphatic hydroxyl groups is 1. The van der Waals surface area contributed by atoms with E-state index >= 15 is 0 Å². The summed E-state index contributed by atoms with van der Waals surface area (Å²) >= 11 is 0. The molecule has 0 saturated carbocycles. The average molecular weight is 311 g/mol. The van der Waals surface area contributed by atoms with Crippen molar-refractivity contribution in [2.24, 2.45) is 0 Å². The molecule has 0 aliphatic heterocycles. The summed E-state index contributed by atoms with van der Waals surface area (Å²) in [7, 11) is -3.63. The van der Waals surface area contributed by atoms with Gasteiger partial charge in [0.2, 0.25) is 15.9 Å². The molecule has 0 spiro atoms. The average Bonchev–Trinajstić information content (AvgIpc) is 2.84. The zero-order valence-electron chi connectivity index (χ0n) is 11.8. The van der Waals surface area contributed by atoms with Gasteiger partial charge in [0.05, 0.1) is 11.0 Å². The van der Waals surface area contributed by atoms with Crippen LogP contribution >= 0.6 is 0 Å². The summed E-state index contributed by atoms with van der Waals surface area (Å²) in [4.78, 5) is 4.11. The Bertz CT molecular complexity index is 710. The van der Waals surface area contributed by atoms with Crippen molar-refractivity contribution >= 4 is 10.0 Å². The molecule has 7 nitrogen and oxygen atoms in total. The Labute approximate surface area is 123 Å². The van der Waals surface area contributed by atoms with Crippen molar-refractivity contribution < 1.29 is 18.0 Å². The number of benzene rings is 1. The first-order valence-corrected chi connectivity index (χ1v) is 7.93. The highest BCUT2D eigenvalue weighted by Gasteiger charge is 2.15. The van der Waals surface area contributed by atoms with Crippen LogP contribution in [-0.4, -0.2) is 30.2 Å². The molecule has 0 amide bonds. The van der Waals surface area contributed by atoms with E-state index in [2.05, 4.69) is 14.9 Å². The van der Waals surface area contributed by atoms with E-state index in [1.165, 1.54) is 12.1 Å².